The van der Waals surface area contributed by atoms with Crippen LogP contribution in [-0.2, 0) is 19.1 Å². The molecule has 2 amide bonds. The van der Waals surface area contributed by atoms with Crippen molar-refractivity contribution in [2.24, 2.45) is 5.92 Å². The highest BCUT2D eigenvalue weighted by Gasteiger charge is 2.37. The van der Waals surface area contributed by atoms with Gasteiger partial charge in [-0.15, -0.1) is 0 Å². The van der Waals surface area contributed by atoms with Gasteiger partial charge in [-0.25, -0.2) is 0 Å². The standard InChI is InChI=1S/C25H24N2O6/c1-31-18-10-11-21(22(13-18)32-2)27-14-17(12-24(27)29)25(30)33-15-23(28)26-20-9-5-7-16-6-3-4-8-19(16)20/h3-11,13,17H,12,14-15H2,1-2H3,(H,26,28)/t17-/m0/s1. The van der Waals surface area contributed by atoms with Gasteiger partial charge in [0.1, 0.15) is 11.5 Å². The summed E-state index contributed by atoms with van der Waals surface area (Å²) in [6.45, 7) is -0.288. The van der Waals surface area contributed by atoms with Crippen molar-refractivity contribution in [3.8, 4) is 11.5 Å². The fourth-order valence-electron chi connectivity index (χ4n) is 3.88. The van der Waals surface area contributed by atoms with Gasteiger partial charge in [-0.1, -0.05) is 36.4 Å². The predicted molar refractivity (Wildman–Crippen MR) is 124 cm³/mol. The molecule has 1 saturated heterocycles. The maximum Gasteiger partial charge on any atom is 0.311 e. The van der Waals surface area contributed by atoms with Crippen LogP contribution in [0, 0.1) is 5.92 Å². The summed E-state index contributed by atoms with van der Waals surface area (Å²) in [4.78, 5) is 39.0. The van der Waals surface area contributed by atoms with Gasteiger partial charge in [-0.3, -0.25) is 14.4 Å². The zero-order valence-corrected chi connectivity index (χ0v) is 18.4. The van der Waals surface area contributed by atoms with E-state index in [9.17, 15) is 14.4 Å². The number of rotatable bonds is 7. The second-order valence-corrected chi connectivity index (χ2v) is 7.63. The van der Waals surface area contributed by atoms with Crippen LogP contribution < -0.4 is 19.7 Å². The maximum atomic E-state index is 12.6. The summed E-state index contributed by atoms with van der Waals surface area (Å²) in [6, 6.07) is 18.3. The summed E-state index contributed by atoms with van der Waals surface area (Å²) in [6.07, 6.45) is -0.00103. The molecule has 170 valence electrons. The van der Waals surface area contributed by atoms with E-state index in [-0.39, 0.29) is 18.9 Å². The number of carbonyl (C=O) groups is 3. The molecule has 4 rings (SSSR count). The molecular formula is C25H24N2O6. The minimum absolute atomic E-state index is 0.00103. The Bertz CT molecular complexity index is 1200. The molecule has 0 radical (unpaired) electrons. The number of hydrogen-bond donors (Lipinski definition) is 1. The molecule has 1 aliphatic heterocycles. The lowest BCUT2D eigenvalue weighted by Crippen LogP contribution is -2.28. The number of esters is 1. The first-order valence-corrected chi connectivity index (χ1v) is 10.5. The molecule has 3 aromatic carbocycles. The third-order valence-corrected chi connectivity index (χ3v) is 5.55. The normalized spacial score (nSPS) is 15.4. The monoisotopic (exact) mass is 448 g/mol. The Morgan fingerprint density at radius 1 is 1.03 bits per heavy atom. The summed E-state index contributed by atoms with van der Waals surface area (Å²) in [5, 5.41) is 4.66. The number of nitrogens with zero attached hydrogens (tertiary/aromatic N) is 1. The van der Waals surface area contributed by atoms with E-state index in [2.05, 4.69) is 5.32 Å². The molecule has 1 heterocycles. The van der Waals surface area contributed by atoms with Crippen molar-refractivity contribution in [1.29, 1.82) is 0 Å². The van der Waals surface area contributed by atoms with Gasteiger partial charge in [0.2, 0.25) is 5.91 Å². The number of carbonyl (C=O) groups excluding carboxylic acids is 3. The zero-order valence-electron chi connectivity index (χ0n) is 18.4. The lowest BCUT2D eigenvalue weighted by molar-refractivity contribution is -0.151. The van der Waals surface area contributed by atoms with Gasteiger partial charge in [0.15, 0.2) is 6.61 Å². The van der Waals surface area contributed by atoms with Crippen molar-refractivity contribution in [3.05, 3.63) is 60.7 Å². The van der Waals surface area contributed by atoms with Gasteiger partial charge < -0.3 is 24.4 Å². The molecular weight excluding hydrogens is 424 g/mol. The van der Waals surface area contributed by atoms with Gasteiger partial charge in [0, 0.05) is 30.1 Å². The van der Waals surface area contributed by atoms with Crippen LogP contribution in [0.1, 0.15) is 6.42 Å². The van der Waals surface area contributed by atoms with Crippen LogP contribution in [0.2, 0.25) is 0 Å². The first-order chi connectivity index (χ1) is 16.0. The number of nitrogens with one attached hydrogen (secondary N) is 1. The van der Waals surface area contributed by atoms with Gasteiger partial charge in [0.05, 0.1) is 25.8 Å². The average molecular weight is 448 g/mol. The van der Waals surface area contributed by atoms with E-state index in [4.69, 9.17) is 14.2 Å². The highest BCUT2D eigenvalue weighted by atomic mass is 16.5. The molecule has 0 unspecified atom stereocenters. The lowest BCUT2D eigenvalue weighted by Gasteiger charge is -2.20. The molecule has 0 spiro atoms. The van der Waals surface area contributed by atoms with Crippen LogP contribution >= 0.6 is 0 Å². The third-order valence-electron chi connectivity index (χ3n) is 5.55. The van der Waals surface area contributed by atoms with Crippen molar-refractivity contribution in [3.63, 3.8) is 0 Å². The molecule has 33 heavy (non-hydrogen) atoms. The number of methoxy groups -OCH3 is 2. The van der Waals surface area contributed by atoms with E-state index in [1.807, 2.05) is 36.4 Å². The minimum Gasteiger partial charge on any atom is -0.497 e. The first-order valence-electron chi connectivity index (χ1n) is 10.5. The molecule has 0 saturated carbocycles. The highest BCUT2D eigenvalue weighted by Crippen LogP contribution is 2.36. The first kappa shape index (κ1) is 22.1. The molecule has 8 nitrogen and oxygen atoms in total. The Morgan fingerprint density at radius 3 is 2.61 bits per heavy atom. The van der Waals surface area contributed by atoms with E-state index in [0.717, 1.165) is 10.8 Å². The summed E-state index contributed by atoms with van der Waals surface area (Å²) >= 11 is 0. The van der Waals surface area contributed by atoms with Crippen molar-refractivity contribution in [2.75, 3.05) is 37.6 Å². The fourth-order valence-corrected chi connectivity index (χ4v) is 3.88. The maximum absolute atomic E-state index is 12.6. The number of ether oxygens (including phenoxy) is 3. The zero-order chi connectivity index (χ0) is 23.4. The number of hydrogen-bond acceptors (Lipinski definition) is 6. The average Bonchev–Trinajstić information content (AvgIpc) is 3.23. The number of fused-ring (bicyclic) bond motifs is 1. The second-order valence-electron chi connectivity index (χ2n) is 7.63. The third kappa shape index (κ3) is 4.74. The molecule has 1 fully saturated rings. The molecule has 1 N–H and O–H groups in total. The molecule has 1 atom stereocenters. The van der Waals surface area contributed by atoms with Crippen LogP contribution in [0.4, 0.5) is 11.4 Å². The van der Waals surface area contributed by atoms with Crippen molar-refractivity contribution in [1.82, 2.24) is 0 Å². The summed E-state index contributed by atoms with van der Waals surface area (Å²) in [5.74, 6) is -0.874. The van der Waals surface area contributed by atoms with E-state index in [1.54, 1.807) is 24.3 Å². The van der Waals surface area contributed by atoms with E-state index < -0.39 is 24.4 Å². The quantitative estimate of drug-likeness (QED) is 0.557. The van der Waals surface area contributed by atoms with Crippen LogP contribution in [0.5, 0.6) is 11.5 Å². The lowest BCUT2D eigenvalue weighted by atomic mass is 10.1. The smallest absolute Gasteiger partial charge is 0.311 e. The predicted octanol–water partition coefficient (Wildman–Crippen LogP) is 3.39. The summed E-state index contributed by atoms with van der Waals surface area (Å²) in [7, 11) is 3.04. The summed E-state index contributed by atoms with van der Waals surface area (Å²) in [5.41, 5.74) is 1.19. The van der Waals surface area contributed by atoms with Gasteiger partial charge in [-0.05, 0) is 23.6 Å². The van der Waals surface area contributed by atoms with Gasteiger partial charge >= 0.3 is 5.97 Å². The minimum atomic E-state index is -0.672. The number of amides is 2. The van der Waals surface area contributed by atoms with E-state index in [1.165, 1.54) is 19.1 Å². The molecule has 3 aromatic rings. The summed E-state index contributed by atoms with van der Waals surface area (Å²) < 4.78 is 15.8. The van der Waals surface area contributed by atoms with Crippen LogP contribution in [-0.4, -0.2) is 45.2 Å². The van der Waals surface area contributed by atoms with Crippen LogP contribution in [0.25, 0.3) is 10.8 Å². The Kier molecular flexibility index (Phi) is 6.44. The molecule has 0 aliphatic carbocycles. The fraction of sp³-hybridized carbons (Fsp3) is 0.240. The SMILES string of the molecule is COc1ccc(N2C[C@@H](C(=O)OCC(=O)Nc3cccc4ccccc34)CC2=O)c(OC)c1. The highest BCUT2D eigenvalue weighted by molar-refractivity contribution is 6.03. The molecule has 8 heteroatoms. The Labute approximate surface area is 191 Å². The van der Waals surface area contributed by atoms with E-state index in [0.29, 0.717) is 22.9 Å². The van der Waals surface area contributed by atoms with E-state index >= 15 is 0 Å². The van der Waals surface area contributed by atoms with Crippen molar-refractivity contribution in [2.45, 2.75) is 6.42 Å². The van der Waals surface area contributed by atoms with Crippen molar-refractivity contribution < 1.29 is 28.6 Å². The van der Waals surface area contributed by atoms with Gasteiger partial charge in [0.25, 0.3) is 5.91 Å². The Morgan fingerprint density at radius 2 is 1.82 bits per heavy atom. The molecule has 0 bridgehead atoms. The topological polar surface area (TPSA) is 94.2 Å². The van der Waals surface area contributed by atoms with Gasteiger partial charge in [-0.2, -0.15) is 0 Å². The Hall–Kier alpha value is -4.07. The van der Waals surface area contributed by atoms with Crippen LogP contribution in [0.3, 0.4) is 0 Å². The number of benzene rings is 3. The molecule has 0 aromatic heterocycles. The number of anilines is 2. The second kappa shape index (κ2) is 9.60. The Balaban J connectivity index is 1.36. The van der Waals surface area contributed by atoms with Crippen LogP contribution in [0.15, 0.2) is 60.7 Å². The van der Waals surface area contributed by atoms with Crippen molar-refractivity contribution >= 4 is 39.9 Å². The molecule has 1 aliphatic rings. The largest absolute Gasteiger partial charge is 0.497 e.